The Morgan fingerprint density at radius 1 is 1.19 bits per heavy atom. The molecule has 0 spiro atoms. The lowest BCUT2D eigenvalue weighted by molar-refractivity contribution is -0.124. The van der Waals surface area contributed by atoms with Crippen LogP contribution < -0.4 is 5.32 Å². The van der Waals surface area contributed by atoms with Crippen molar-refractivity contribution >= 4 is 39.0 Å². The van der Waals surface area contributed by atoms with E-state index in [4.69, 9.17) is 0 Å². The highest BCUT2D eigenvalue weighted by Crippen LogP contribution is 2.30. The van der Waals surface area contributed by atoms with Crippen molar-refractivity contribution in [3.05, 3.63) is 70.7 Å². The van der Waals surface area contributed by atoms with E-state index in [2.05, 4.69) is 10.3 Å². The van der Waals surface area contributed by atoms with Crippen LogP contribution in [0.4, 0.5) is 0 Å². The van der Waals surface area contributed by atoms with Crippen LogP contribution in [0.3, 0.4) is 0 Å². The molecule has 9 heteroatoms. The summed E-state index contributed by atoms with van der Waals surface area (Å²) in [5, 5.41) is 5.67. The van der Waals surface area contributed by atoms with Crippen LogP contribution in [0.5, 0.6) is 0 Å². The normalized spacial score (nSPS) is 17.0. The summed E-state index contributed by atoms with van der Waals surface area (Å²) in [4.78, 5) is 17.7. The Hall–Kier alpha value is -2.20. The summed E-state index contributed by atoms with van der Waals surface area (Å²) in [5.41, 5.74) is 3.34. The number of thiazole rings is 1. The van der Waals surface area contributed by atoms with Gasteiger partial charge in [0.15, 0.2) is 0 Å². The predicted molar refractivity (Wildman–Crippen MR) is 125 cm³/mol. The number of aromatic nitrogens is 1. The zero-order valence-electron chi connectivity index (χ0n) is 17.2. The van der Waals surface area contributed by atoms with E-state index in [9.17, 15) is 13.2 Å². The molecule has 6 nitrogen and oxygen atoms in total. The highest BCUT2D eigenvalue weighted by atomic mass is 32.2. The Labute approximate surface area is 190 Å². The van der Waals surface area contributed by atoms with Crippen LogP contribution in [-0.4, -0.2) is 41.3 Å². The molecule has 0 aliphatic carbocycles. The molecule has 1 N–H and O–H groups in total. The molecule has 3 aromatic rings. The molecule has 1 atom stereocenters. The molecule has 4 rings (SSSR count). The van der Waals surface area contributed by atoms with Crippen LogP contribution in [-0.2, 0) is 21.4 Å². The smallest absolute Gasteiger partial charge is 0.244 e. The molecule has 0 saturated carbocycles. The van der Waals surface area contributed by atoms with Crippen molar-refractivity contribution in [2.45, 2.75) is 31.3 Å². The summed E-state index contributed by atoms with van der Waals surface area (Å²) in [5.74, 6) is 0.401. The van der Waals surface area contributed by atoms with Gasteiger partial charge in [0.05, 0.1) is 23.0 Å². The third-order valence-electron chi connectivity index (χ3n) is 5.09. The van der Waals surface area contributed by atoms with E-state index in [0.717, 1.165) is 21.8 Å². The third kappa shape index (κ3) is 4.69. The van der Waals surface area contributed by atoms with Crippen molar-refractivity contribution < 1.29 is 13.2 Å². The fraction of sp³-hybridized carbons (Fsp3) is 0.273. The van der Waals surface area contributed by atoms with Crippen molar-refractivity contribution in [2.24, 2.45) is 0 Å². The molecule has 0 radical (unpaired) electrons. The van der Waals surface area contributed by atoms with Crippen molar-refractivity contribution in [3.8, 4) is 10.6 Å². The first kappa shape index (κ1) is 22.0. The second-order valence-corrected chi connectivity index (χ2v) is 11.1. The summed E-state index contributed by atoms with van der Waals surface area (Å²) < 4.78 is 27.9. The van der Waals surface area contributed by atoms with E-state index < -0.39 is 16.1 Å². The van der Waals surface area contributed by atoms with E-state index >= 15 is 0 Å². The first-order chi connectivity index (χ1) is 14.9. The maximum atomic E-state index is 13.3. The second kappa shape index (κ2) is 9.12. The topological polar surface area (TPSA) is 79.4 Å². The van der Waals surface area contributed by atoms with E-state index in [0.29, 0.717) is 11.3 Å². The van der Waals surface area contributed by atoms with Crippen LogP contribution in [0, 0.1) is 13.8 Å². The lowest BCUT2D eigenvalue weighted by atomic mass is 10.2. The van der Waals surface area contributed by atoms with E-state index in [-0.39, 0.29) is 23.2 Å². The van der Waals surface area contributed by atoms with Crippen molar-refractivity contribution in [2.75, 3.05) is 11.6 Å². The standard InChI is InChI=1S/C22H23N3O3S3/c1-15-8-9-16(2)20(10-15)31(27,28)25-14-29-13-19(25)21(26)23-11-18-12-30-22(24-18)17-6-4-3-5-7-17/h3-10,12,19H,11,13-14H2,1-2H3,(H,23,26)/t19-/m1/s1. The number of hydrogen-bond donors (Lipinski definition) is 1. The van der Waals surface area contributed by atoms with E-state index in [1.807, 2.05) is 48.7 Å². The minimum atomic E-state index is -3.76. The number of benzene rings is 2. The molecule has 162 valence electrons. The minimum Gasteiger partial charge on any atom is -0.349 e. The fourth-order valence-corrected chi connectivity index (χ4v) is 7.67. The van der Waals surface area contributed by atoms with Crippen LogP contribution in [0.1, 0.15) is 16.8 Å². The molecular formula is C22H23N3O3S3. The molecule has 1 aromatic heterocycles. The number of amides is 1. The van der Waals surface area contributed by atoms with Gasteiger partial charge >= 0.3 is 0 Å². The Morgan fingerprint density at radius 2 is 1.97 bits per heavy atom. The summed E-state index contributed by atoms with van der Waals surface area (Å²) in [6, 6.07) is 14.5. The number of hydrogen-bond acceptors (Lipinski definition) is 6. The minimum absolute atomic E-state index is 0.264. The van der Waals surface area contributed by atoms with Gasteiger partial charge in [-0.1, -0.05) is 42.5 Å². The SMILES string of the molecule is Cc1ccc(C)c(S(=O)(=O)N2CSC[C@@H]2C(=O)NCc2csc(-c3ccccc3)n2)c1. The Morgan fingerprint density at radius 3 is 2.74 bits per heavy atom. The molecule has 1 aliphatic heterocycles. The number of nitrogens with zero attached hydrogens (tertiary/aromatic N) is 2. The van der Waals surface area contributed by atoms with Gasteiger partial charge in [-0.05, 0) is 31.0 Å². The second-order valence-electron chi connectivity index (χ2n) is 7.40. The van der Waals surface area contributed by atoms with Crippen LogP contribution in [0.15, 0.2) is 58.8 Å². The summed E-state index contributed by atoms with van der Waals surface area (Å²) in [7, 11) is -3.76. The monoisotopic (exact) mass is 473 g/mol. The van der Waals surface area contributed by atoms with Crippen LogP contribution in [0.2, 0.25) is 0 Å². The molecule has 31 heavy (non-hydrogen) atoms. The highest BCUT2D eigenvalue weighted by molar-refractivity contribution is 8.00. The number of aryl methyl sites for hydroxylation is 2. The van der Waals surface area contributed by atoms with Gasteiger partial charge in [-0.2, -0.15) is 4.31 Å². The lowest BCUT2D eigenvalue weighted by Gasteiger charge is -2.23. The van der Waals surface area contributed by atoms with Gasteiger partial charge in [-0.25, -0.2) is 13.4 Å². The number of thioether (sulfide) groups is 1. The molecule has 1 fully saturated rings. The van der Waals surface area contributed by atoms with Gasteiger partial charge in [0.2, 0.25) is 15.9 Å². The van der Waals surface area contributed by atoms with Crippen molar-refractivity contribution in [1.82, 2.24) is 14.6 Å². The first-order valence-corrected chi connectivity index (χ1v) is 13.3. The largest absolute Gasteiger partial charge is 0.349 e. The predicted octanol–water partition coefficient (Wildman–Crippen LogP) is 3.81. The Kier molecular flexibility index (Phi) is 6.47. The molecule has 2 aromatic carbocycles. The van der Waals surface area contributed by atoms with Crippen LogP contribution in [0.25, 0.3) is 10.6 Å². The molecule has 2 heterocycles. The van der Waals surface area contributed by atoms with Gasteiger partial charge in [-0.15, -0.1) is 23.1 Å². The van der Waals surface area contributed by atoms with Gasteiger partial charge < -0.3 is 5.32 Å². The molecule has 1 amide bonds. The molecule has 1 saturated heterocycles. The highest BCUT2D eigenvalue weighted by Gasteiger charge is 2.40. The van der Waals surface area contributed by atoms with E-state index in [1.165, 1.54) is 27.4 Å². The zero-order valence-corrected chi connectivity index (χ0v) is 19.7. The summed E-state index contributed by atoms with van der Waals surface area (Å²) in [6.45, 7) is 3.90. The number of rotatable bonds is 6. The molecule has 0 unspecified atom stereocenters. The van der Waals surface area contributed by atoms with E-state index in [1.54, 1.807) is 19.1 Å². The number of sulfonamides is 1. The fourth-order valence-electron chi connectivity index (χ4n) is 3.38. The molecular weight excluding hydrogens is 450 g/mol. The first-order valence-electron chi connectivity index (χ1n) is 9.80. The quantitative estimate of drug-likeness (QED) is 0.589. The number of carbonyl (C=O) groups excluding carboxylic acids is 1. The van der Waals surface area contributed by atoms with Crippen LogP contribution >= 0.6 is 23.1 Å². The van der Waals surface area contributed by atoms with Gasteiger partial charge in [0.25, 0.3) is 0 Å². The van der Waals surface area contributed by atoms with Gasteiger partial charge in [0, 0.05) is 16.7 Å². The number of nitrogens with one attached hydrogen (secondary N) is 1. The van der Waals surface area contributed by atoms with Crippen molar-refractivity contribution in [3.63, 3.8) is 0 Å². The maximum Gasteiger partial charge on any atom is 0.244 e. The molecule has 0 bridgehead atoms. The average Bonchev–Trinajstić information content (AvgIpc) is 3.44. The third-order valence-corrected chi connectivity index (χ3v) is 9.20. The number of carbonyl (C=O) groups is 1. The summed E-state index contributed by atoms with van der Waals surface area (Å²) >= 11 is 2.96. The summed E-state index contributed by atoms with van der Waals surface area (Å²) in [6.07, 6.45) is 0. The van der Waals surface area contributed by atoms with Crippen molar-refractivity contribution in [1.29, 1.82) is 0 Å². The Bertz CT molecular complexity index is 1190. The average molecular weight is 474 g/mol. The molecule has 1 aliphatic rings. The zero-order chi connectivity index (χ0) is 22.0. The van der Waals surface area contributed by atoms with Gasteiger partial charge in [-0.3, -0.25) is 4.79 Å². The van der Waals surface area contributed by atoms with Gasteiger partial charge in [0.1, 0.15) is 11.0 Å². The lowest BCUT2D eigenvalue weighted by Crippen LogP contribution is -2.47. The maximum absolute atomic E-state index is 13.3. The Balaban J connectivity index is 1.46.